The van der Waals surface area contributed by atoms with Gasteiger partial charge in [0.2, 0.25) is 0 Å². The highest BCUT2D eigenvalue weighted by molar-refractivity contribution is 7.80. The van der Waals surface area contributed by atoms with Crippen LogP contribution in [-0.2, 0) is 16.0 Å². The smallest absolute Gasteiger partial charge is 0.413 e. The Morgan fingerprint density at radius 3 is 2.65 bits per heavy atom. The van der Waals surface area contributed by atoms with Crippen LogP contribution in [0.4, 0.5) is 10.5 Å². The largest absolute Gasteiger partial charge is 0.506 e. The quantitative estimate of drug-likeness (QED) is 0.546. The lowest BCUT2D eigenvalue weighted by molar-refractivity contribution is -0.117. The molecule has 1 rings (SSSR count). The van der Waals surface area contributed by atoms with Gasteiger partial charge in [0.15, 0.2) is 5.11 Å². The molecule has 0 aliphatic heterocycles. The fraction of sp³-hybridized carbons (Fsp3) is 0.438. The van der Waals surface area contributed by atoms with Gasteiger partial charge in [0.1, 0.15) is 11.5 Å². The summed E-state index contributed by atoms with van der Waals surface area (Å²) in [5.41, 5.74) is 2.33. The second-order valence-corrected chi connectivity index (χ2v) is 5.56. The molecule has 3 N–H and O–H groups in total. The van der Waals surface area contributed by atoms with Gasteiger partial charge in [0.05, 0.1) is 12.3 Å². The monoisotopic (exact) mass is 338 g/mol. The Hall–Kier alpha value is -2.15. The number of anilines is 1. The zero-order valence-corrected chi connectivity index (χ0v) is 14.4. The molecule has 0 saturated heterocycles. The average Bonchev–Trinajstić information content (AvgIpc) is 2.43. The lowest BCUT2D eigenvalue weighted by Gasteiger charge is -2.14. The van der Waals surface area contributed by atoms with Crippen molar-refractivity contribution in [3.05, 3.63) is 23.3 Å². The number of thiocarbonyl (C=S) groups is 1. The van der Waals surface area contributed by atoms with Crippen LogP contribution in [0.15, 0.2) is 12.1 Å². The lowest BCUT2D eigenvalue weighted by Crippen LogP contribution is -2.34. The molecule has 0 fully saturated rings. The van der Waals surface area contributed by atoms with Gasteiger partial charge in [-0.15, -0.1) is 0 Å². The molecule has 1 aromatic carbocycles. The second kappa shape index (κ2) is 9.09. The van der Waals surface area contributed by atoms with Gasteiger partial charge in [-0.3, -0.25) is 5.32 Å². The first kappa shape index (κ1) is 18.9. The molecule has 1 amide bonds. The van der Waals surface area contributed by atoms with E-state index in [9.17, 15) is 14.7 Å². The molecular weight excluding hydrogens is 316 g/mol. The Kier molecular flexibility index (Phi) is 7.47. The van der Waals surface area contributed by atoms with Crippen LogP contribution in [0.3, 0.4) is 0 Å². The van der Waals surface area contributed by atoms with Crippen molar-refractivity contribution < 1.29 is 19.4 Å². The van der Waals surface area contributed by atoms with Crippen molar-refractivity contribution in [3.63, 3.8) is 0 Å². The summed E-state index contributed by atoms with van der Waals surface area (Å²) >= 11 is 5.01. The van der Waals surface area contributed by atoms with Gasteiger partial charge in [-0.2, -0.15) is 0 Å². The number of phenols is 1. The van der Waals surface area contributed by atoms with E-state index in [4.69, 9.17) is 17.0 Å². The van der Waals surface area contributed by atoms with E-state index in [1.54, 1.807) is 26.0 Å². The summed E-state index contributed by atoms with van der Waals surface area (Å²) in [4.78, 5) is 22.3. The predicted molar refractivity (Wildman–Crippen MR) is 92.8 cm³/mol. The standard InChI is InChI=1S/C16H22N2O4S/c1-4-22-16(21)18-15(23)17-13-9-12(7-5-6-11(3)19)10(2)8-14(13)20/h8-9,20H,4-7H2,1-3H3,(H2,17,18,21,23). The number of carbonyl (C=O) groups is 2. The number of benzene rings is 1. The molecule has 0 unspecified atom stereocenters. The maximum atomic E-state index is 11.3. The number of rotatable bonds is 6. The molecule has 0 radical (unpaired) electrons. The van der Waals surface area contributed by atoms with Crippen LogP contribution in [-0.4, -0.2) is 28.7 Å². The molecule has 23 heavy (non-hydrogen) atoms. The normalized spacial score (nSPS) is 10.0. The number of amides is 1. The Morgan fingerprint density at radius 2 is 2.04 bits per heavy atom. The van der Waals surface area contributed by atoms with E-state index in [1.807, 2.05) is 6.92 Å². The van der Waals surface area contributed by atoms with Crippen LogP contribution < -0.4 is 10.6 Å². The first-order valence-corrected chi connectivity index (χ1v) is 7.81. The highest BCUT2D eigenvalue weighted by Gasteiger charge is 2.10. The van der Waals surface area contributed by atoms with Crippen molar-refractivity contribution in [2.75, 3.05) is 11.9 Å². The van der Waals surface area contributed by atoms with Gasteiger partial charge in [0, 0.05) is 6.42 Å². The Balaban J connectivity index is 2.76. The van der Waals surface area contributed by atoms with Crippen molar-refractivity contribution >= 4 is 34.9 Å². The van der Waals surface area contributed by atoms with Crippen LogP contribution in [0.1, 0.15) is 37.8 Å². The summed E-state index contributed by atoms with van der Waals surface area (Å²) in [6.45, 7) is 5.39. The molecule has 0 atom stereocenters. The minimum atomic E-state index is -0.654. The van der Waals surface area contributed by atoms with Crippen molar-refractivity contribution in [2.24, 2.45) is 0 Å². The number of carbonyl (C=O) groups excluding carboxylic acids is 2. The highest BCUT2D eigenvalue weighted by atomic mass is 32.1. The third-order valence-corrected chi connectivity index (χ3v) is 3.37. The molecule has 7 heteroatoms. The molecule has 0 aliphatic carbocycles. The Morgan fingerprint density at radius 1 is 1.35 bits per heavy atom. The van der Waals surface area contributed by atoms with E-state index >= 15 is 0 Å². The maximum absolute atomic E-state index is 11.3. The minimum absolute atomic E-state index is 0.0332. The van der Waals surface area contributed by atoms with Gasteiger partial charge >= 0.3 is 6.09 Å². The van der Waals surface area contributed by atoms with Crippen LogP contribution in [0.25, 0.3) is 0 Å². The van der Waals surface area contributed by atoms with Crippen LogP contribution >= 0.6 is 12.2 Å². The van der Waals surface area contributed by atoms with E-state index in [0.29, 0.717) is 12.1 Å². The topological polar surface area (TPSA) is 87.7 Å². The van der Waals surface area contributed by atoms with Gasteiger partial charge in [-0.05, 0) is 69.1 Å². The number of ketones is 1. The first-order chi connectivity index (χ1) is 10.8. The number of aromatic hydroxyl groups is 1. The number of phenolic OH excluding ortho intramolecular Hbond substituents is 1. The van der Waals surface area contributed by atoms with E-state index in [-0.39, 0.29) is 23.3 Å². The van der Waals surface area contributed by atoms with E-state index in [2.05, 4.69) is 10.6 Å². The fourth-order valence-corrected chi connectivity index (χ4v) is 2.24. The lowest BCUT2D eigenvalue weighted by atomic mass is 10.0. The number of aryl methyl sites for hydroxylation is 2. The molecule has 0 spiro atoms. The van der Waals surface area contributed by atoms with Crippen LogP contribution in [0.5, 0.6) is 5.75 Å². The van der Waals surface area contributed by atoms with Crippen molar-refractivity contribution in [1.82, 2.24) is 5.32 Å². The summed E-state index contributed by atoms with van der Waals surface area (Å²) in [5, 5.41) is 15.2. The summed E-state index contributed by atoms with van der Waals surface area (Å²) in [5.74, 6) is 0.186. The maximum Gasteiger partial charge on any atom is 0.413 e. The van der Waals surface area contributed by atoms with E-state index < -0.39 is 6.09 Å². The van der Waals surface area contributed by atoms with Crippen LogP contribution in [0.2, 0.25) is 0 Å². The summed E-state index contributed by atoms with van der Waals surface area (Å²) < 4.78 is 4.73. The van der Waals surface area contributed by atoms with Gasteiger partial charge in [-0.1, -0.05) is 0 Å². The first-order valence-electron chi connectivity index (χ1n) is 7.40. The number of Topliss-reactive ketones (excluding diaryl/α,β-unsaturated/α-hetero) is 1. The Bertz CT molecular complexity index is 602. The van der Waals surface area contributed by atoms with Crippen molar-refractivity contribution in [1.29, 1.82) is 0 Å². The molecule has 1 aromatic rings. The fourth-order valence-electron chi connectivity index (χ4n) is 2.05. The number of ether oxygens (including phenoxy) is 1. The molecule has 0 heterocycles. The molecule has 0 bridgehead atoms. The van der Waals surface area contributed by atoms with Gasteiger partial charge in [-0.25, -0.2) is 4.79 Å². The molecule has 6 nitrogen and oxygen atoms in total. The number of alkyl carbamates (subject to hydrolysis) is 1. The highest BCUT2D eigenvalue weighted by Crippen LogP contribution is 2.28. The summed E-state index contributed by atoms with van der Waals surface area (Å²) in [6, 6.07) is 3.39. The SMILES string of the molecule is CCOC(=O)NC(=S)Nc1cc(CCCC(C)=O)c(C)cc1O. The zero-order chi connectivity index (χ0) is 17.4. The molecule has 0 saturated carbocycles. The van der Waals surface area contributed by atoms with Crippen LogP contribution in [0, 0.1) is 6.92 Å². The van der Waals surface area contributed by atoms with Crippen molar-refractivity contribution in [3.8, 4) is 5.75 Å². The molecule has 126 valence electrons. The molecule has 0 aliphatic rings. The number of hydrogen-bond acceptors (Lipinski definition) is 5. The summed E-state index contributed by atoms with van der Waals surface area (Å²) in [7, 11) is 0. The van der Waals surface area contributed by atoms with Gasteiger partial charge in [0.25, 0.3) is 0 Å². The molecular formula is C16H22N2O4S. The van der Waals surface area contributed by atoms with Crippen molar-refractivity contribution in [2.45, 2.75) is 40.0 Å². The number of hydrogen-bond donors (Lipinski definition) is 3. The predicted octanol–water partition coefficient (Wildman–Crippen LogP) is 3.06. The summed E-state index contributed by atoms with van der Waals surface area (Å²) in [6.07, 6.45) is 1.33. The number of nitrogens with one attached hydrogen (secondary N) is 2. The van der Waals surface area contributed by atoms with E-state index in [0.717, 1.165) is 24.0 Å². The second-order valence-electron chi connectivity index (χ2n) is 5.15. The molecule has 0 aromatic heterocycles. The van der Waals surface area contributed by atoms with E-state index in [1.165, 1.54) is 0 Å². The Labute approximate surface area is 141 Å². The third-order valence-electron chi connectivity index (χ3n) is 3.17. The minimum Gasteiger partial charge on any atom is -0.506 e. The average molecular weight is 338 g/mol. The zero-order valence-electron chi connectivity index (χ0n) is 13.6. The third kappa shape index (κ3) is 6.65. The van der Waals surface area contributed by atoms with Gasteiger partial charge < -0.3 is 20.0 Å².